The van der Waals surface area contributed by atoms with Crippen LogP contribution in [0.5, 0.6) is 11.5 Å². The van der Waals surface area contributed by atoms with Crippen molar-refractivity contribution >= 4 is 0 Å². The molecule has 0 aliphatic carbocycles. The minimum absolute atomic E-state index is 0.0449. The molecule has 4 aromatic rings. The highest BCUT2D eigenvalue weighted by Crippen LogP contribution is 2.42. The van der Waals surface area contributed by atoms with Crippen LogP contribution in [-0.4, -0.2) is 59.8 Å². The van der Waals surface area contributed by atoms with Gasteiger partial charge in [-0.1, -0.05) is 54.6 Å². The summed E-state index contributed by atoms with van der Waals surface area (Å²) in [7, 11) is 3.23. The zero-order valence-corrected chi connectivity index (χ0v) is 22.2. The second kappa shape index (κ2) is 11.9. The van der Waals surface area contributed by atoms with Crippen molar-refractivity contribution < 1.29 is 24.2 Å². The molecule has 5 rings (SSSR count). The Morgan fingerprint density at radius 2 is 1.43 bits per heavy atom. The number of aromatic amines is 1. The van der Waals surface area contributed by atoms with Crippen molar-refractivity contribution in [3.63, 3.8) is 0 Å². The minimum atomic E-state index is -1.06. The molecule has 2 N–H and O–H groups in total. The normalized spacial score (nSPS) is 17.9. The lowest BCUT2D eigenvalue weighted by molar-refractivity contribution is -0.231. The Bertz CT molecular complexity index is 1470. The number of H-pyrrole nitrogens is 1. The number of hydrogen-bond acceptors (Lipinski definition) is 8. The van der Waals surface area contributed by atoms with E-state index in [9.17, 15) is 14.8 Å². The molecular weight excluding hydrogens is 514 g/mol. The molecule has 0 radical (unpaired) electrons. The van der Waals surface area contributed by atoms with Gasteiger partial charge in [-0.3, -0.25) is 14.3 Å². The smallest absolute Gasteiger partial charge is 0.330 e. The Kier molecular flexibility index (Phi) is 8.13. The van der Waals surface area contributed by atoms with Crippen molar-refractivity contribution in [2.45, 2.75) is 17.9 Å². The number of morpholine rings is 1. The number of hydroxylamine groups is 2. The minimum Gasteiger partial charge on any atom is -0.497 e. The van der Waals surface area contributed by atoms with Crippen molar-refractivity contribution in [2.24, 2.45) is 0 Å². The number of rotatable bonds is 9. The van der Waals surface area contributed by atoms with E-state index < -0.39 is 29.2 Å². The Morgan fingerprint density at radius 1 is 0.850 bits per heavy atom. The Balaban J connectivity index is 1.54. The Labute approximate surface area is 230 Å². The highest BCUT2D eigenvalue weighted by atomic mass is 16.6. The zero-order chi connectivity index (χ0) is 28.1. The molecule has 1 saturated heterocycles. The van der Waals surface area contributed by atoms with Gasteiger partial charge in [0.15, 0.2) is 6.23 Å². The van der Waals surface area contributed by atoms with Crippen LogP contribution in [0, 0.1) is 0 Å². The van der Waals surface area contributed by atoms with E-state index in [0.29, 0.717) is 11.5 Å². The summed E-state index contributed by atoms with van der Waals surface area (Å²) in [6, 6.07) is 26.4. The average molecular weight is 546 g/mol. The largest absolute Gasteiger partial charge is 0.497 e. The highest BCUT2D eigenvalue weighted by Gasteiger charge is 2.40. The van der Waals surface area contributed by atoms with E-state index in [4.69, 9.17) is 18.9 Å². The lowest BCUT2D eigenvalue weighted by Crippen LogP contribution is -2.49. The first kappa shape index (κ1) is 27.4. The molecule has 0 bridgehead atoms. The molecule has 0 saturated carbocycles. The van der Waals surface area contributed by atoms with Crippen LogP contribution in [0.25, 0.3) is 0 Å². The molecule has 40 heavy (non-hydrogen) atoms. The molecule has 10 heteroatoms. The van der Waals surface area contributed by atoms with Crippen molar-refractivity contribution in [1.29, 1.82) is 0 Å². The predicted molar refractivity (Wildman–Crippen MR) is 147 cm³/mol. The van der Waals surface area contributed by atoms with Gasteiger partial charge in [0.05, 0.1) is 40.0 Å². The fraction of sp³-hybridized carbons (Fsp3) is 0.267. The lowest BCUT2D eigenvalue weighted by Gasteiger charge is -2.40. The summed E-state index contributed by atoms with van der Waals surface area (Å²) in [5, 5.41) is 11.6. The van der Waals surface area contributed by atoms with E-state index in [2.05, 4.69) is 4.98 Å². The third kappa shape index (κ3) is 5.56. The number of nitrogens with zero attached hydrogens (tertiary/aromatic N) is 2. The van der Waals surface area contributed by atoms with E-state index >= 15 is 0 Å². The van der Waals surface area contributed by atoms with Crippen LogP contribution in [0.4, 0.5) is 0 Å². The van der Waals surface area contributed by atoms with E-state index in [0.717, 1.165) is 21.8 Å². The van der Waals surface area contributed by atoms with Crippen LogP contribution in [0.2, 0.25) is 0 Å². The van der Waals surface area contributed by atoms with Gasteiger partial charge in [0, 0.05) is 12.3 Å². The molecular formula is C30H31N3O7. The Morgan fingerprint density at radius 3 is 1.98 bits per heavy atom. The number of methoxy groups -OCH3 is 2. The van der Waals surface area contributed by atoms with Gasteiger partial charge < -0.3 is 24.2 Å². The Hall–Kier alpha value is -4.22. The predicted octanol–water partition coefficient (Wildman–Crippen LogP) is 3.15. The second-order valence-electron chi connectivity index (χ2n) is 9.42. The summed E-state index contributed by atoms with van der Waals surface area (Å²) in [5.41, 5.74) is 0.400. The molecule has 3 aromatic carbocycles. The van der Waals surface area contributed by atoms with Crippen molar-refractivity contribution in [1.82, 2.24) is 14.6 Å². The second-order valence-corrected chi connectivity index (χ2v) is 9.42. The van der Waals surface area contributed by atoms with E-state index in [1.165, 1.54) is 16.8 Å². The summed E-state index contributed by atoms with van der Waals surface area (Å²) in [6.07, 6.45) is -0.0849. The van der Waals surface area contributed by atoms with Gasteiger partial charge in [-0.05, 0) is 41.0 Å². The standard InChI is InChI=1S/C30H31N3O7/c1-37-24-12-8-22(9-13-24)30(21-6-4-3-5-7-21,23-10-14-25(38-2)15-11-23)39-20-26-18-32(36)19-28(40-26)33-17-16-27(34)31-29(33)35/h3-17,26,28,36H,18-20H2,1-2H3,(H,31,34,35)/t26-,28+/m0/s1. The average Bonchev–Trinajstić information content (AvgIpc) is 2.98. The van der Waals surface area contributed by atoms with Crippen LogP contribution >= 0.6 is 0 Å². The number of nitrogens with one attached hydrogen (secondary N) is 1. The van der Waals surface area contributed by atoms with Gasteiger partial charge in [-0.2, -0.15) is 5.06 Å². The summed E-state index contributed by atoms with van der Waals surface area (Å²) in [5.74, 6) is 1.42. The van der Waals surface area contributed by atoms with Gasteiger partial charge in [-0.25, -0.2) is 4.79 Å². The number of aromatic nitrogens is 2. The van der Waals surface area contributed by atoms with Crippen molar-refractivity contribution in [2.75, 3.05) is 33.9 Å². The van der Waals surface area contributed by atoms with Gasteiger partial charge in [0.2, 0.25) is 0 Å². The molecule has 0 unspecified atom stereocenters. The van der Waals surface area contributed by atoms with Crippen LogP contribution in [0.15, 0.2) is 101 Å². The first-order valence-corrected chi connectivity index (χ1v) is 12.8. The number of benzene rings is 3. The van der Waals surface area contributed by atoms with E-state index in [-0.39, 0.29) is 19.7 Å². The molecule has 1 aliphatic heterocycles. The van der Waals surface area contributed by atoms with Gasteiger partial charge in [-0.15, -0.1) is 0 Å². The zero-order valence-electron chi connectivity index (χ0n) is 22.2. The maximum absolute atomic E-state index is 12.4. The SMILES string of the molecule is COc1ccc(C(OC[C@@H]2CN(O)C[C@H](n3ccc(=O)[nH]c3=O)O2)(c2ccccc2)c2ccc(OC)cc2)cc1. The summed E-state index contributed by atoms with van der Waals surface area (Å²) >= 11 is 0. The van der Waals surface area contributed by atoms with Gasteiger partial charge in [0.25, 0.3) is 5.56 Å². The first-order valence-electron chi connectivity index (χ1n) is 12.8. The topological polar surface area (TPSA) is 115 Å². The van der Waals surface area contributed by atoms with Crippen LogP contribution in [-0.2, 0) is 15.1 Å². The quantitative estimate of drug-likeness (QED) is 0.308. The fourth-order valence-corrected chi connectivity index (χ4v) is 4.99. The van der Waals surface area contributed by atoms with Crippen molar-refractivity contribution in [3.8, 4) is 11.5 Å². The maximum Gasteiger partial charge on any atom is 0.330 e. The van der Waals surface area contributed by atoms with Gasteiger partial charge in [0.1, 0.15) is 17.1 Å². The maximum atomic E-state index is 12.4. The molecule has 0 amide bonds. The van der Waals surface area contributed by atoms with E-state index in [1.807, 2.05) is 78.9 Å². The van der Waals surface area contributed by atoms with Crippen LogP contribution in [0.3, 0.4) is 0 Å². The molecule has 1 fully saturated rings. The lowest BCUT2D eigenvalue weighted by atomic mass is 9.80. The highest BCUT2D eigenvalue weighted by molar-refractivity contribution is 5.49. The van der Waals surface area contributed by atoms with Crippen LogP contribution < -0.4 is 20.7 Å². The molecule has 2 heterocycles. The molecule has 10 nitrogen and oxygen atoms in total. The molecule has 1 aromatic heterocycles. The molecule has 1 aliphatic rings. The number of ether oxygens (including phenoxy) is 4. The molecule has 0 spiro atoms. The third-order valence-corrected chi connectivity index (χ3v) is 6.95. The first-order chi connectivity index (χ1) is 19.4. The summed E-state index contributed by atoms with van der Waals surface area (Å²) < 4.78 is 25.1. The molecule has 208 valence electrons. The third-order valence-electron chi connectivity index (χ3n) is 6.95. The summed E-state index contributed by atoms with van der Waals surface area (Å²) in [6.45, 7) is 0.270. The monoisotopic (exact) mass is 545 g/mol. The van der Waals surface area contributed by atoms with Gasteiger partial charge >= 0.3 is 5.69 Å². The summed E-state index contributed by atoms with van der Waals surface area (Å²) in [4.78, 5) is 26.2. The fourth-order valence-electron chi connectivity index (χ4n) is 4.99. The number of hydrogen-bond donors (Lipinski definition) is 2. The van der Waals surface area contributed by atoms with Crippen LogP contribution in [0.1, 0.15) is 22.9 Å². The van der Waals surface area contributed by atoms with Crippen molar-refractivity contribution in [3.05, 3.63) is 129 Å². The molecule has 2 atom stereocenters. The van der Waals surface area contributed by atoms with E-state index in [1.54, 1.807) is 14.2 Å².